The second-order valence-electron chi connectivity index (χ2n) is 4.97. The van der Waals surface area contributed by atoms with Crippen LogP contribution >= 0.6 is 11.3 Å². The Bertz CT molecular complexity index is 690. The van der Waals surface area contributed by atoms with Gasteiger partial charge in [-0.05, 0) is 25.0 Å². The molecule has 5 nitrogen and oxygen atoms in total. The van der Waals surface area contributed by atoms with Gasteiger partial charge in [0.1, 0.15) is 0 Å². The minimum atomic E-state index is -0.927. The molecule has 1 aliphatic carbocycles. The fraction of sp³-hybridized carbons (Fsp3) is 0.267. The summed E-state index contributed by atoms with van der Waals surface area (Å²) in [5.74, 6) is -2.40. The summed E-state index contributed by atoms with van der Waals surface area (Å²) in [5.41, 5.74) is 0.830. The van der Waals surface area contributed by atoms with Crippen molar-refractivity contribution in [3.63, 3.8) is 0 Å². The van der Waals surface area contributed by atoms with Gasteiger partial charge in [0, 0.05) is 0 Å². The van der Waals surface area contributed by atoms with E-state index >= 15 is 0 Å². The van der Waals surface area contributed by atoms with Gasteiger partial charge >= 0.3 is 5.97 Å². The van der Waals surface area contributed by atoms with Crippen molar-refractivity contribution in [1.29, 1.82) is 0 Å². The van der Waals surface area contributed by atoms with E-state index in [0.29, 0.717) is 18.0 Å². The van der Waals surface area contributed by atoms with Crippen molar-refractivity contribution in [2.24, 2.45) is 11.8 Å². The van der Waals surface area contributed by atoms with Crippen molar-refractivity contribution >= 4 is 38.6 Å². The Morgan fingerprint density at radius 1 is 1.19 bits per heavy atom. The number of fused-ring (bicyclic) bond motifs is 1. The fourth-order valence-corrected chi connectivity index (χ4v) is 3.37. The third-order valence-corrected chi connectivity index (χ3v) is 4.56. The normalized spacial score (nSPS) is 21.3. The molecular weight excluding hydrogens is 288 g/mol. The number of allylic oxidation sites excluding steroid dienone is 2. The van der Waals surface area contributed by atoms with E-state index < -0.39 is 17.8 Å². The number of para-hydroxylation sites is 1. The van der Waals surface area contributed by atoms with E-state index in [4.69, 9.17) is 0 Å². The number of aromatic nitrogens is 1. The van der Waals surface area contributed by atoms with Crippen molar-refractivity contribution in [2.75, 3.05) is 5.32 Å². The molecular formula is C15H14N2O3S. The van der Waals surface area contributed by atoms with Crippen LogP contribution in [0.15, 0.2) is 36.4 Å². The molecule has 2 aromatic rings. The summed E-state index contributed by atoms with van der Waals surface area (Å²) in [5, 5.41) is 12.5. The third-order valence-electron chi connectivity index (χ3n) is 3.61. The van der Waals surface area contributed by atoms with Gasteiger partial charge in [-0.15, -0.1) is 0 Å². The van der Waals surface area contributed by atoms with Gasteiger partial charge in [0.05, 0.1) is 22.1 Å². The lowest BCUT2D eigenvalue weighted by atomic mass is 9.82. The largest absolute Gasteiger partial charge is 0.481 e. The van der Waals surface area contributed by atoms with Gasteiger partial charge in [0.15, 0.2) is 5.13 Å². The van der Waals surface area contributed by atoms with Crippen molar-refractivity contribution in [3.8, 4) is 0 Å². The summed E-state index contributed by atoms with van der Waals surface area (Å²) in [4.78, 5) is 27.9. The highest BCUT2D eigenvalue weighted by atomic mass is 32.1. The first-order valence-corrected chi connectivity index (χ1v) is 7.51. The molecule has 0 spiro atoms. The van der Waals surface area contributed by atoms with Gasteiger partial charge in [-0.1, -0.05) is 35.6 Å². The van der Waals surface area contributed by atoms with Gasteiger partial charge < -0.3 is 10.4 Å². The molecule has 1 amide bonds. The molecule has 0 saturated heterocycles. The van der Waals surface area contributed by atoms with Crippen LogP contribution in [0.3, 0.4) is 0 Å². The number of carboxylic acids is 1. The Hall–Kier alpha value is -2.21. The maximum atomic E-state index is 12.3. The van der Waals surface area contributed by atoms with Crippen LogP contribution in [0.1, 0.15) is 12.8 Å². The first-order valence-electron chi connectivity index (χ1n) is 6.69. The molecule has 0 saturated carbocycles. The summed E-state index contributed by atoms with van der Waals surface area (Å²) < 4.78 is 0.992. The first kappa shape index (κ1) is 13.8. The number of hydrogen-bond donors (Lipinski definition) is 2. The lowest BCUT2D eigenvalue weighted by Crippen LogP contribution is -2.34. The van der Waals surface area contributed by atoms with Crippen molar-refractivity contribution in [3.05, 3.63) is 36.4 Å². The number of amides is 1. The second kappa shape index (κ2) is 5.65. The maximum Gasteiger partial charge on any atom is 0.307 e. The van der Waals surface area contributed by atoms with E-state index in [0.717, 1.165) is 10.2 Å². The Labute approximate surface area is 125 Å². The van der Waals surface area contributed by atoms with Crippen LogP contribution in [0.25, 0.3) is 10.2 Å². The highest BCUT2D eigenvalue weighted by molar-refractivity contribution is 7.22. The van der Waals surface area contributed by atoms with Gasteiger partial charge in [0.25, 0.3) is 0 Å². The molecule has 0 unspecified atom stereocenters. The maximum absolute atomic E-state index is 12.3. The van der Waals surface area contributed by atoms with Crippen LogP contribution in [-0.4, -0.2) is 22.0 Å². The van der Waals surface area contributed by atoms with Crippen LogP contribution in [0, 0.1) is 11.8 Å². The zero-order valence-corrected chi connectivity index (χ0v) is 12.0. The molecule has 108 valence electrons. The standard InChI is InChI=1S/C15H14N2O3S/c18-13(9-5-1-2-6-10(9)14(19)20)17-15-16-11-7-3-4-8-12(11)21-15/h1-4,7-10H,5-6H2,(H,19,20)(H,16,17,18)/t9-,10+/m1/s1. The molecule has 2 N–H and O–H groups in total. The number of carbonyl (C=O) groups excluding carboxylic acids is 1. The van der Waals surface area contributed by atoms with E-state index in [1.165, 1.54) is 11.3 Å². The summed E-state index contributed by atoms with van der Waals surface area (Å²) in [7, 11) is 0. The van der Waals surface area contributed by atoms with Crippen LogP contribution in [0.4, 0.5) is 5.13 Å². The zero-order chi connectivity index (χ0) is 14.8. The van der Waals surface area contributed by atoms with Crippen LogP contribution in [-0.2, 0) is 9.59 Å². The Morgan fingerprint density at radius 2 is 1.90 bits per heavy atom. The summed E-state index contributed by atoms with van der Waals surface area (Å²) in [6.07, 6.45) is 4.53. The minimum Gasteiger partial charge on any atom is -0.481 e. The van der Waals surface area contributed by atoms with Gasteiger partial charge in [-0.3, -0.25) is 9.59 Å². The predicted molar refractivity (Wildman–Crippen MR) is 81.2 cm³/mol. The van der Waals surface area contributed by atoms with E-state index in [9.17, 15) is 14.7 Å². The van der Waals surface area contributed by atoms with Crippen LogP contribution in [0.5, 0.6) is 0 Å². The number of thiazole rings is 1. The first-order chi connectivity index (χ1) is 10.1. The number of hydrogen-bond acceptors (Lipinski definition) is 4. The van der Waals surface area contributed by atoms with Gasteiger partial charge in [0.2, 0.25) is 5.91 Å². The number of benzene rings is 1. The van der Waals surface area contributed by atoms with E-state index in [2.05, 4.69) is 10.3 Å². The molecule has 2 atom stereocenters. The molecule has 0 bridgehead atoms. The molecule has 1 aromatic heterocycles. The summed E-state index contributed by atoms with van der Waals surface area (Å²) in [6.45, 7) is 0. The molecule has 0 fully saturated rings. The van der Waals surface area contributed by atoms with E-state index in [1.807, 2.05) is 36.4 Å². The predicted octanol–water partition coefficient (Wildman–Crippen LogP) is 2.90. The number of aliphatic carboxylic acids is 1. The summed E-state index contributed by atoms with van der Waals surface area (Å²) >= 11 is 1.39. The highest BCUT2D eigenvalue weighted by Crippen LogP contribution is 2.29. The molecule has 6 heteroatoms. The molecule has 1 aliphatic rings. The Balaban J connectivity index is 1.78. The van der Waals surface area contributed by atoms with Crippen molar-refractivity contribution in [1.82, 2.24) is 4.98 Å². The van der Waals surface area contributed by atoms with E-state index in [-0.39, 0.29) is 5.91 Å². The van der Waals surface area contributed by atoms with Crippen LogP contribution < -0.4 is 5.32 Å². The number of nitrogens with zero attached hydrogens (tertiary/aromatic N) is 1. The van der Waals surface area contributed by atoms with E-state index in [1.54, 1.807) is 0 Å². The molecule has 0 radical (unpaired) electrons. The average Bonchev–Trinajstić information content (AvgIpc) is 2.89. The van der Waals surface area contributed by atoms with Crippen molar-refractivity contribution in [2.45, 2.75) is 12.8 Å². The lowest BCUT2D eigenvalue weighted by molar-refractivity contribution is -0.146. The van der Waals surface area contributed by atoms with Crippen molar-refractivity contribution < 1.29 is 14.7 Å². The second-order valence-corrected chi connectivity index (χ2v) is 6.00. The Kier molecular flexibility index (Phi) is 3.70. The van der Waals surface area contributed by atoms with Gasteiger partial charge in [-0.25, -0.2) is 4.98 Å². The van der Waals surface area contributed by atoms with Crippen LogP contribution in [0.2, 0.25) is 0 Å². The number of nitrogens with one attached hydrogen (secondary N) is 1. The number of carboxylic acid groups (broad SMARTS) is 1. The molecule has 3 rings (SSSR count). The third kappa shape index (κ3) is 2.80. The zero-order valence-electron chi connectivity index (χ0n) is 11.2. The Morgan fingerprint density at radius 3 is 2.62 bits per heavy atom. The summed E-state index contributed by atoms with van der Waals surface area (Å²) in [6, 6.07) is 7.62. The molecule has 0 aliphatic heterocycles. The topological polar surface area (TPSA) is 79.3 Å². The SMILES string of the molecule is O=C(O)[C@H]1CC=CC[C@H]1C(=O)Nc1nc2ccccc2s1. The number of anilines is 1. The monoisotopic (exact) mass is 302 g/mol. The average molecular weight is 302 g/mol. The quantitative estimate of drug-likeness (QED) is 0.854. The molecule has 1 aromatic carbocycles. The molecule has 21 heavy (non-hydrogen) atoms. The number of rotatable bonds is 3. The highest BCUT2D eigenvalue weighted by Gasteiger charge is 2.34. The number of carbonyl (C=O) groups is 2. The van der Waals surface area contributed by atoms with Gasteiger partial charge in [-0.2, -0.15) is 0 Å². The smallest absolute Gasteiger partial charge is 0.307 e. The minimum absolute atomic E-state index is 0.272. The molecule has 1 heterocycles. The lowest BCUT2D eigenvalue weighted by Gasteiger charge is -2.23. The fourth-order valence-electron chi connectivity index (χ4n) is 2.50.